The number of carbonyl (C=O) groups is 2. The van der Waals surface area contributed by atoms with E-state index in [4.69, 9.17) is 0 Å². The lowest BCUT2D eigenvalue weighted by atomic mass is 10.2. The van der Waals surface area contributed by atoms with Crippen LogP contribution in [-0.2, 0) is 4.74 Å². The molecule has 0 aliphatic carbocycles. The van der Waals surface area contributed by atoms with Gasteiger partial charge in [0.2, 0.25) is 5.95 Å². The molecular formula is C18H22N4O3. The summed E-state index contributed by atoms with van der Waals surface area (Å²) in [4.78, 5) is 32.6. The molecule has 2 aromatic rings. The molecule has 25 heavy (non-hydrogen) atoms. The molecule has 1 atom stereocenters. The van der Waals surface area contributed by atoms with E-state index in [9.17, 15) is 9.59 Å². The van der Waals surface area contributed by atoms with Gasteiger partial charge in [-0.15, -0.1) is 0 Å². The number of nitrogens with zero attached hydrogens (tertiary/aromatic N) is 2. The van der Waals surface area contributed by atoms with Gasteiger partial charge in [-0.2, -0.15) is 0 Å². The number of benzene rings is 1. The molecule has 0 saturated heterocycles. The van der Waals surface area contributed by atoms with Gasteiger partial charge in [-0.05, 0) is 44.5 Å². The summed E-state index contributed by atoms with van der Waals surface area (Å²) in [7, 11) is 1.31. The van der Waals surface area contributed by atoms with E-state index in [2.05, 4.69) is 32.3 Å². The number of nitrogens with one attached hydrogen (secondary N) is 2. The zero-order chi connectivity index (χ0) is 18.4. The maximum atomic E-state index is 12.5. The molecule has 1 aromatic heterocycles. The number of amides is 1. The summed E-state index contributed by atoms with van der Waals surface area (Å²) in [6.07, 6.45) is 0.916. The van der Waals surface area contributed by atoms with E-state index in [0.717, 1.165) is 6.42 Å². The smallest absolute Gasteiger partial charge is 0.337 e. The van der Waals surface area contributed by atoms with Crippen LogP contribution < -0.4 is 10.6 Å². The van der Waals surface area contributed by atoms with E-state index in [1.807, 2.05) is 6.92 Å². The third-order valence-electron chi connectivity index (χ3n) is 3.62. The third kappa shape index (κ3) is 5.00. The summed E-state index contributed by atoms with van der Waals surface area (Å²) in [5, 5.41) is 5.89. The van der Waals surface area contributed by atoms with Gasteiger partial charge in [-0.1, -0.05) is 13.0 Å². The maximum Gasteiger partial charge on any atom is 0.337 e. The van der Waals surface area contributed by atoms with Gasteiger partial charge in [0, 0.05) is 17.4 Å². The SMILES string of the molecule is CCC(C)Nc1nc(C)cc(C(=O)Nc2cccc(C(=O)OC)c2)n1. The molecule has 1 aromatic carbocycles. The predicted octanol–water partition coefficient (Wildman–Crippen LogP) is 3.03. The van der Waals surface area contributed by atoms with Gasteiger partial charge in [0.1, 0.15) is 5.69 Å². The number of esters is 1. The quantitative estimate of drug-likeness (QED) is 0.784. The number of hydrogen-bond donors (Lipinski definition) is 2. The van der Waals surface area contributed by atoms with Crippen molar-refractivity contribution in [3.8, 4) is 0 Å². The lowest BCUT2D eigenvalue weighted by Crippen LogP contribution is -2.19. The molecule has 7 heteroatoms. The largest absolute Gasteiger partial charge is 0.465 e. The summed E-state index contributed by atoms with van der Waals surface area (Å²) < 4.78 is 4.68. The van der Waals surface area contributed by atoms with Crippen molar-refractivity contribution >= 4 is 23.5 Å². The van der Waals surface area contributed by atoms with Crippen molar-refractivity contribution in [2.24, 2.45) is 0 Å². The molecule has 132 valence electrons. The van der Waals surface area contributed by atoms with E-state index in [-0.39, 0.29) is 17.6 Å². The summed E-state index contributed by atoms with van der Waals surface area (Å²) >= 11 is 0. The Hall–Kier alpha value is -2.96. The van der Waals surface area contributed by atoms with E-state index < -0.39 is 5.97 Å². The highest BCUT2D eigenvalue weighted by Crippen LogP contribution is 2.14. The highest BCUT2D eigenvalue weighted by molar-refractivity contribution is 6.03. The minimum absolute atomic E-state index is 0.203. The molecule has 2 N–H and O–H groups in total. The second-order valence-electron chi connectivity index (χ2n) is 5.70. The van der Waals surface area contributed by atoms with Gasteiger partial charge in [-0.3, -0.25) is 4.79 Å². The van der Waals surface area contributed by atoms with Crippen molar-refractivity contribution in [2.75, 3.05) is 17.7 Å². The fourth-order valence-corrected chi connectivity index (χ4v) is 2.11. The monoisotopic (exact) mass is 342 g/mol. The van der Waals surface area contributed by atoms with E-state index >= 15 is 0 Å². The Balaban J connectivity index is 2.19. The Kier molecular flexibility index (Phi) is 6.05. The summed E-state index contributed by atoms with van der Waals surface area (Å²) in [6, 6.07) is 8.34. The van der Waals surface area contributed by atoms with Gasteiger partial charge in [0.15, 0.2) is 0 Å². The fourth-order valence-electron chi connectivity index (χ4n) is 2.11. The van der Waals surface area contributed by atoms with Crippen LogP contribution in [0.5, 0.6) is 0 Å². The zero-order valence-corrected chi connectivity index (χ0v) is 14.8. The summed E-state index contributed by atoms with van der Waals surface area (Å²) in [5.74, 6) is -0.420. The molecule has 1 amide bonds. The van der Waals surface area contributed by atoms with Crippen LogP contribution in [0.25, 0.3) is 0 Å². The van der Waals surface area contributed by atoms with Crippen LogP contribution in [0.2, 0.25) is 0 Å². The van der Waals surface area contributed by atoms with Crippen LogP contribution in [0.3, 0.4) is 0 Å². The molecule has 2 rings (SSSR count). The van der Waals surface area contributed by atoms with Gasteiger partial charge in [0.25, 0.3) is 5.91 Å². The molecule has 0 aliphatic heterocycles. The molecule has 0 fully saturated rings. The van der Waals surface area contributed by atoms with Crippen LogP contribution in [0.4, 0.5) is 11.6 Å². The van der Waals surface area contributed by atoms with Gasteiger partial charge in [-0.25, -0.2) is 14.8 Å². The van der Waals surface area contributed by atoms with E-state index in [0.29, 0.717) is 22.9 Å². The average Bonchev–Trinajstić information content (AvgIpc) is 2.60. The Morgan fingerprint density at radius 3 is 2.68 bits per heavy atom. The second kappa shape index (κ2) is 8.23. The molecular weight excluding hydrogens is 320 g/mol. The van der Waals surface area contributed by atoms with Crippen molar-refractivity contribution in [2.45, 2.75) is 33.2 Å². The van der Waals surface area contributed by atoms with Crippen molar-refractivity contribution in [3.63, 3.8) is 0 Å². The first-order valence-corrected chi connectivity index (χ1v) is 8.05. The molecule has 1 unspecified atom stereocenters. The number of aromatic nitrogens is 2. The fraction of sp³-hybridized carbons (Fsp3) is 0.333. The summed E-state index contributed by atoms with van der Waals surface area (Å²) in [6.45, 7) is 5.87. The highest BCUT2D eigenvalue weighted by atomic mass is 16.5. The molecule has 0 spiro atoms. The van der Waals surface area contributed by atoms with Crippen LogP contribution in [-0.4, -0.2) is 35.0 Å². The third-order valence-corrected chi connectivity index (χ3v) is 3.62. The standard InChI is InChI=1S/C18H22N4O3/c1-5-11(2)19-18-20-12(3)9-15(22-18)16(23)21-14-8-6-7-13(10-14)17(24)25-4/h6-11H,5H2,1-4H3,(H,21,23)(H,19,20,22). The maximum absolute atomic E-state index is 12.5. The van der Waals surface area contributed by atoms with Crippen LogP contribution >= 0.6 is 0 Å². The predicted molar refractivity (Wildman–Crippen MR) is 95.9 cm³/mol. The van der Waals surface area contributed by atoms with Gasteiger partial charge in [0.05, 0.1) is 12.7 Å². The number of methoxy groups -OCH3 is 1. The molecule has 1 heterocycles. The topological polar surface area (TPSA) is 93.2 Å². The van der Waals surface area contributed by atoms with Crippen LogP contribution in [0, 0.1) is 6.92 Å². The van der Waals surface area contributed by atoms with Gasteiger partial charge < -0.3 is 15.4 Å². The van der Waals surface area contributed by atoms with Crippen molar-refractivity contribution in [1.29, 1.82) is 0 Å². The number of anilines is 2. The molecule has 0 bridgehead atoms. The zero-order valence-electron chi connectivity index (χ0n) is 14.8. The lowest BCUT2D eigenvalue weighted by Gasteiger charge is -2.13. The van der Waals surface area contributed by atoms with Crippen molar-refractivity contribution in [3.05, 3.63) is 47.3 Å². The van der Waals surface area contributed by atoms with Crippen molar-refractivity contribution in [1.82, 2.24) is 9.97 Å². The molecule has 0 radical (unpaired) electrons. The summed E-state index contributed by atoms with van der Waals surface area (Å²) in [5.41, 5.74) is 1.79. The second-order valence-corrected chi connectivity index (χ2v) is 5.70. The number of aryl methyl sites for hydroxylation is 1. The van der Waals surface area contributed by atoms with Crippen molar-refractivity contribution < 1.29 is 14.3 Å². The first-order chi connectivity index (χ1) is 11.9. The minimum atomic E-state index is -0.464. The van der Waals surface area contributed by atoms with E-state index in [1.54, 1.807) is 37.3 Å². The first-order valence-electron chi connectivity index (χ1n) is 8.05. The number of hydrogen-bond acceptors (Lipinski definition) is 6. The van der Waals surface area contributed by atoms with E-state index in [1.165, 1.54) is 7.11 Å². The average molecular weight is 342 g/mol. The number of rotatable bonds is 6. The Morgan fingerprint density at radius 1 is 1.24 bits per heavy atom. The Labute approximate surface area is 146 Å². The number of carbonyl (C=O) groups excluding carboxylic acids is 2. The van der Waals surface area contributed by atoms with Crippen LogP contribution in [0.15, 0.2) is 30.3 Å². The normalized spacial score (nSPS) is 11.5. The number of ether oxygens (including phenoxy) is 1. The highest BCUT2D eigenvalue weighted by Gasteiger charge is 2.13. The molecule has 0 saturated carbocycles. The minimum Gasteiger partial charge on any atom is -0.465 e. The van der Waals surface area contributed by atoms with Crippen LogP contribution in [0.1, 0.15) is 46.8 Å². The lowest BCUT2D eigenvalue weighted by molar-refractivity contribution is 0.0600. The molecule has 7 nitrogen and oxygen atoms in total. The Bertz CT molecular complexity index is 777. The first kappa shape index (κ1) is 18.4. The Morgan fingerprint density at radius 2 is 2.00 bits per heavy atom. The van der Waals surface area contributed by atoms with Gasteiger partial charge >= 0.3 is 5.97 Å². The molecule has 0 aliphatic rings.